The van der Waals surface area contributed by atoms with Gasteiger partial charge in [-0.2, -0.15) is 5.26 Å². The van der Waals surface area contributed by atoms with Crippen molar-refractivity contribution in [1.29, 1.82) is 5.26 Å². The Morgan fingerprint density at radius 3 is 1.10 bits per heavy atom. The van der Waals surface area contributed by atoms with E-state index in [1.165, 1.54) is 64.2 Å². The normalized spacial score (nSPS) is 11.7. The molecule has 31 heavy (non-hydrogen) atoms. The quantitative estimate of drug-likeness (QED) is 0.157. The molecule has 7 nitrogen and oxygen atoms in total. The summed E-state index contributed by atoms with van der Waals surface area (Å²) < 4.78 is 31.1. The van der Waals surface area contributed by atoms with Crippen molar-refractivity contribution < 1.29 is 26.6 Å². The largest absolute Gasteiger partial charge is 0.500 e. The molecule has 0 saturated carbocycles. The van der Waals surface area contributed by atoms with Gasteiger partial charge in [-0.25, -0.2) is 0 Å². The van der Waals surface area contributed by atoms with Crippen LogP contribution in [0.1, 0.15) is 83.5 Å². The van der Waals surface area contributed by atoms with Gasteiger partial charge >= 0.3 is 17.6 Å². The molecule has 0 aromatic carbocycles. The van der Waals surface area contributed by atoms with Crippen LogP contribution in [0.4, 0.5) is 0 Å². The van der Waals surface area contributed by atoms with Crippen LogP contribution in [-0.4, -0.2) is 60.3 Å². The second-order valence-electron chi connectivity index (χ2n) is 7.67. The highest BCUT2D eigenvalue weighted by Crippen LogP contribution is 2.18. The molecular formula is C22H49NO6Si2. The Bertz CT molecular complexity index is 399. The lowest BCUT2D eigenvalue weighted by molar-refractivity contribution is 0.122. The summed E-state index contributed by atoms with van der Waals surface area (Å²) in [4.78, 5) is 0. The topological polar surface area (TPSA) is 79.2 Å². The molecule has 0 aromatic rings. The number of hydrogen-bond donors (Lipinski definition) is 0. The average Bonchev–Trinajstić information content (AvgIpc) is 2.82. The third-order valence-corrected chi connectivity index (χ3v) is 10.6. The fourth-order valence-corrected chi connectivity index (χ4v) is 5.41. The Labute approximate surface area is 194 Å². The predicted molar refractivity (Wildman–Crippen MR) is 130 cm³/mol. The molecule has 0 radical (unpaired) electrons. The van der Waals surface area contributed by atoms with Gasteiger partial charge in [-0.3, -0.25) is 0 Å². The van der Waals surface area contributed by atoms with Crippen LogP contribution < -0.4 is 0 Å². The summed E-state index contributed by atoms with van der Waals surface area (Å²) in [6.07, 6.45) is 16.1. The molecule has 0 unspecified atom stereocenters. The smallest absolute Gasteiger partial charge is 0.377 e. The van der Waals surface area contributed by atoms with Gasteiger partial charge in [0.05, 0.1) is 6.07 Å². The molecule has 0 aliphatic heterocycles. The highest BCUT2D eigenvalue weighted by atomic mass is 28.4. The summed E-state index contributed by atoms with van der Waals surface area (Å²) in [7, 11) is 5.29. The molecule has 0 spiro atoms. The van der Waals surface area contributed by atoms with Gasteiger partial charge in [0, 0.05) is 61.7 Å². The first-order chi connectivity index (χ1) is 14.9. The summed E-state index contributed by atoms with van der Waals surface area (Å²) in [5.74, 6) is 0. The van der Waals surface area contributed by atoms with E-state index < -0.39 is 17.6 Å². The monoisotopic (exact) mass is 479 g/mol. The van der Waals surface area contributed by atoms with Crippen molar-refractivity contribution in [3.8, 4) is 6.07 Å². The first-order valence-electron chi connectivity index (χ1n) is 11.6. The third kappa shape index (κ3) is 18.9. The summed E-state index contributed by atoms with van der Waals surface area (Å²) >= 11 is 0. The van der Waals surface area contributed by atoms with Gasteiger partial charge in [-0.1, -0.05) is 64.2 Å². The maximum Gasteiger partial charge on any atom is 0.500 e. The van der Waals surface area contributed by atoms with E-state index >= 15 is 0 Å². The molecule has 186 valence electrons. The van der Waals surface area contributed by atoms with Crippen molar-refractivity contribution in [2.24, 2.45) is 0 Å². The van der Waals surface area contributed by atoms with Crippen LogP contribution in [0.2, 0.25) is 12.6 Å². The molecule has 0 rings (SSSR count). The highest BCUT2D eigenvalue weighted by molar-refractivity contribution is 6.60. The van der Waals surface area contributed by atoms with Crippen molar-refractivity contribution in [3.63, 3.8) is 0 Å². The number of hydrogen-bond acceptors (Lipinski definition) is 7. The molecular weight excluding hydrogens is 430 g/mol. The van der Waals surface area contributed by atoms with Crippen LogP contribution in [0.3, 0.4) is 0 Å². The zero-order chi connectivity index (χ0) is 23.8. The number of nitrogens with zero attached hydrogens (tertiary/aromatic N) is 1. The second-order valence-corrected chi connectivity index (χ2v) is 13.7. The Balaban J connectivity index is 0. The molecule has 0 aromatic heterocycles. The van der Waals surface area contributed by atoms with E-state index in [1.54, 1.807) is 42.7 Å². The van der Waals surface area contributed by atoms with Crippen molar-refractivity contribution >= 4 is 17.6 Å². The van der Waals surface area contributed by atoms with Crippen LogP contribution in [0.15, 0.2) is 0 Å². The van der Waals surface area contributed by atoms with E-state index in [2.05, 4.69) is 6.07 Å². The van der Waals surface area contributed by atoms with Crippen LogP contribution in [-0.2, 0) is 26.6 Å². The minimum absolute atomic E-state index is 0.725. The molecule has 0 aliphatic carbocycles. The minimum Gasteiger partial charge on any atom is -0.377 e. The minimum atomic E-state index is -2.34. The van der Waals surface area contributed by atoms with Gasteiger partial charge in [-0.15, -0.1) is 0 Å². The second kappa shape index (κ2) is 22.9. The highest BCUT2D eigenvalue weighted by Gasteiger charge is 2.36. The molecule has 9 heteroatoms. The van der Waals surface area contributed by atoms with Crippen LogP contribution >= 0.6 is 0 Å². The summed E-state index contributed by atoms with van der Waals surface area (Å²) in [6.45, 7) is 1.83. The van der Waals surface area contributed by atoms with E-state index in [0.29, 0.717) is 0 Å². The van der Waals surface area contributed by atoms with E-state index in [0.717, 1.165) is 25.3 Å². The zero-order valence-corrected chi connectivity index (χ0v) is 23.3. The Morgan fingerprint density at radius 2 is 0.839 bits per heavy atom. The lowest BCUT2D eigenvalue weighted by atomic mass is 10.0. The lowest BCUT2D eigenvalue weighted by Gasteiger charge is -2.24. The molecule has 0 aliphatic rings. The van der Waals surface area contributed by atoms with E-state index in [4.69, 9.17) is 31.8 Å². The summed E-state index contributed by atoms with van der Waals surface area (Å²) in [5, 5.41) is 8.45. The van der Waals surface area contributed by atoms with E-state index in [9.17, 15) is 0 Å². The maximum absolute atomic E-state index is 8.45. The molecule has 0 atom stereocenters. The van der Waals surface area contributed by atoms with Crippen molar-refractivity contribution in [2.45, 2.75) is 96.1 Å². The maximum atomic E-state index is 8.45. The Morgan fingerprint density at radius 1 is 0.516 bits per heavy atom. The third-order valence-electron chi connectivity index (χ3n) is 5.57. The molecule has 0 amide bonds. The SMILES string of the molecule is CO[Si](C)(OC)OC.CO[Si](CCCCCCCCCCCCCCC#N)(OC)OC. The number of rotatable bonds is 20. The molecule has 0 heterocycles. The Hall–Kier alpha value is -0.316. The molecule has 0 bridgehead atoms. The van der Waals surface area contributed by atoms with Gasteiger partial charge in [0.15, 0.2) is 0 Å². The van der Waals surface area contributed by atoms with Crippen molar-refractivity contribution in [3.05, 3.63) is 0 Å². The standard InChI is InChI=1S/C18H37NO3Si.C4H12O3Si/c1-20-23(21-2,22-3)18-16-14-12-10-8-6-4-5-7-9-11-13-15-17-19;1-5-8(4,6-2)7-3/h4-16,18H2,1-3H3;1-4H3. The van der Waals surface area contributed by atoms with Crippen LogP contribution in [0.5, 0.6) is 0 Å². The molecule has 0 fully saturated rings. The van der Waals surface area contributed by atoms with Gasteiger partial charge in [0.25, 0.3) is 0 Å². The first-order valence-corrected chi connectivity index (χ1v) is 15.8. The van der Waals surface area contributed by atoms with Crippen LogP contribution in [0.25, 0.3) is 0 Å². The summed E-state index contributed by atoms with van der Waals surface area (Å²) in [5.41, 5.74) is 0. The van der Waals surface area contributed by atoms with Crippen LogP contribution in [0, 0.1) is 11.3 Å². The van der Waals surface area contributed by atoms with Gasteiger partial charge in [0.1, 0.15) is 0 Å². The summed E-state index contributed by atoms with van der Waals surface area (Å²) in [6, 6.07) is 3.13. The van der Waals surface area contributed by atoms with Gasteiger partial charge in [-0.05, 0) is 12.8 Å². The van der Waals surface area contributed by atoms with Gasteiger partial charge < -0.3 is 26.6 Å². The number of unbranched alkanes of at least 4 members (excludes halogenated alkanes) is 12. The predicted octanol–water partition coefficient (Wildman–Crippen LogP) is 5.95. The zero-order valence-electron chi connectivity index (χ0n) is 21.3. The van der Waals surface area contributed by atoms with E-state index in [-0.39, 0.29) is 0 Å². The molecule has 0 saturated heterocycles. The fourth-order valence-electron chi connectivity index (χ4n) is 3.12. The first kappa shape index (κ1) is 32.9. The van der Waals surface area contributed by atoms with Gasteiger partial charge in [0.2, 0.25) is 0 Å². The van der Waals surface area contributed by atoms with Crippen molar-refractivity contribution in [1.82, 2.24) is 0 Å². The van der Waals surface area contributed by atoms with Crippen molar-refractivity contribution in [2.75, 3.05) is 42.7 Å². The molecule has 0 N–H and O–H groups in total. The average molecular weight is 480 g/mol. The lowest BCUT2D eigenvalue weighted by Crippen LogP contribution is -2.42. The fraction of sp³-hybridized carbons (Fsp3) is 0.955. The number of nitriles is 1. The van der Waals surface area contributed by atoms with E-state index in [1.807, 2.05) is 6.55 Å². The Kier molecular flexibility index (Phi) is 24.2.